The second kappa shape index (κ2) is 11.1. The fourth-order valence-electron chi connectivity index (χ4n) is 2.79. The Bertz CT molecular complexity index is 551. The lowest BCUT2D eigenvalue weighted by molar-refractivity contribution is -0.135. The maximum absolute atomic E-state index is 12.4. The number of hydrogen-bond donors (Lipinski definition) is 2. The summed E-state index contributed by atoms with van der Waals surface area (Å²) in [5, 5.41) is 6.09. The molecular weight excluding hydrogens is 342 g/mol. The molecular formula is C18H28ClN3O3. The van der Waals surface area contributed by atoms with Crippen LogP contribution < -0.4 is 10.6 Å². The largest absolute Gasteiger partial charge is 0.383 e. The van der Waals surface area contributed by atoms with E-state index in [1.165, 1.54) is 5.56 Å². The fraction of sp³-hybridized carbons (Fsp3) is 0.556. The van der Waals surface area contributed by atoms with Gasteiger partial charge in [0.25, 0.3) is 0 Å². The van der Waals surface area contributed by atoms with Crippen molar-refractivity contribution >= 4 is 24.2 Å². The predicted molar refractivity (Wildman–Crippen MR) is 99.8 cm³/mol. The summed E-state index contributed by atoms with van der Waals surface area (Å²) in [6, 6.07) is 7.70. The minimum absolute atomic E-state index is 0. The minimum Gasteiger partial charge on any atom is -0.383 e. The molecule has 1 aromatic rings. The molecule has 6 nitrogen and oxygen atoms in total. The van der Waals surface area contributed by atoms with Crippen LogP contribution in [0.25, 0.3) is 0 Å². The van der Waals surface area contributed by atoms with E-state index in [4.69, 9.17) is 4.74 Å². The lowest BCUT2D eigenvalue weighted by atomic mass is 10.1. The van der Waals surface area contributed by atoms with Crippen molar-refractivity contribution in [3.63, 3.8) is 0 Å². The van der Waals surface area contributed by atoms with Gasteiger partial charge in [0.05, 0.1) is 6.61 Å². The third kappa shape index (κ3) is 6.65. The monoisotopic (exact) mass is 369 g/mol. The van der Waals surface area contributed by atoms with Gasteiger partial charge in [-0.25, -0.2) is 0 Å². The van der Waals surface area contributed by atoms with E-state index in [9.17, 15) is 9.59 Å². The maximum atomic E-state index is 12.4. The zero-order valence-electron chi connectivity index (χ0n) is 14.9. The van der Waals surface area contributed by atoms with Crippen LogP contribution in [0.5, 0.6) is 0 Å². The standard InChI is InChI=1S/C18H27N3O3.ClH/c1-14-3-5-15(6-4-14)13-21-16(7-8-17(21)22)18(23)20-10-9-19-11-12-24-2;/h3-6,16,19H,7-13H2,1-2H3,(H,20,23);1H. The second-order valence-electron chi connectivity index (χ2n) is 6.10. The van der Waals surface area contributed by atoms with Gasteiger partial charge in [-0.2, -0.15) is 0 Å². The number of carbonyl (C=O) groups is 2. The highest BCUT2D eigenvalue weighted by Gasteiger charge is 2.35. The molecule has 2 rings (SSSR count). The summed E-state index contributed by atoms with van der Waals surface area (Å²) in [6.07, 6.45) is 1.03. The average molecular weight is 370 g/mol. The number of nitrogens with one attached hydrogen (secondary N) is 2. The number of ether oxygens (including phenoxy) is 1. The number of likely N-dealkylation sites (tertiary alicyclic amines) is 1. The average Bonchev–Trinajstić information content (AvgIpc) is 2.94. The van der Waals surface area contributed by atoms with Crippen molar-refractivity contribution in [3.8, 4) is 0 Å². The molecule has 0 saturated carbocycles. The Morgan fingerprint density at radius 3 is 2.64 bits per heavy atom. The van der Waals surface area contributed by atoms with E-state index in [-0.39, 0.29) is 30.3 Å². The molecule has 0 aromatic heterocycles. The smallest absolute Gasteiger partial charge is 0.242 e. The second-order valence-corrected chi connectivity index (χ2v) is 6.10. The number of amides is 2. The molecule has 0 radical (unpaired) electrons. The molecule has 1 atom stereocenters. The first kappa shape index (κ1) is 21.4. The van der Waals surface area contributed by atoms with Gasteiger partial charge in [-0.3, -0.25) is 9.59 Å². The van der Waals surface area contributed by atoms with Crippen LogP contribution in [0.2, 0.25) is 0 Å². The number of methoxy groups -OCH3 is 1. The maximum Gasteiger partial charge on any atom is 0.242 e. The van der Waals surface area contributed by atoms with Crippen molar-refractivity contribution in [1.29, 1.82) is 0 Å². The normalized spacial score (nSPS) is 16.6. The number of benzene rings is 1. The number of rotatable bonds is 9. The summed E-state index contributed by atoms with van der Waals surface area (Å²) in [6.45, 7) is 5.16. The molecule has 0 aliphatic carbocycles. The molecule has 1 aliphatic heterocycles. The van der Waals surface area contributed by atoms with Crippen LogP contribution in [0, 0.1) is 6.92 Å². The first-order valence-electron chi connectivity index (χ1n) is 8.44. The quantitative estimate of drug-likeness (QED) is 0.643. The fourth-order valence-corrected chi connectivity index (χ4v) is 2.79. The molecule has 1 unspecified atom stereocenters. The molecule has 0 spiro atoms. The zero-order chi connectivity index (χ0) is 17.4. The highest BCUT2D eigenvalue weighted by atomic mass is 35.5. The van der Waals surface area contributed by atoms with Gasteiger partial charge in [0, 0.05) is 39.7 Å². The summed E-state index contributed by atoms with van der Waals surface area (Å²) in [7, 11) is 1.66. The molecule has 2 N–H and O–H groups in total. The summed E-state index contributed by atoms with van der Waals surface area (Å²) in [4.78, 5) is 26.2. The molecule has 140 valence electrons. The Labute approximate surface area is 155 Å². The molecule has 7 heteroatoms. The lowest BCUT2D eigenvalue weighted by Gasteiger charge is -2.24. The van der Waals surface area contributed by atoms with E-state index in [1.807, 2.05) is 31.2 Å². The van der Waals surface area contributed by atoms with Crippen LogP contribution in [-0.2, 0) is 20.9 Å². The van der Waals surface area contributed by atoms with E-state index >= 15 is 0 Å². The molecule has 1 aliphatic rings. The third-order valence-electron chi connectivity index (χ3n) is 4.19. The van der Waals surface area contributed by atoms with Gasteiger partial charge >= 0.3 is 0 Å². The molecule has 0 bridgehead atoms. The van der Waals surface area contributed by atoms with E-state index in [1.54, 1.807) is 12.0 Å². The Kier molecular flexibility index (Phi) is 9.49. The van der Waals surface area contributed by atoms with E-state index in [0.717, 1.165) is 12.1 Å². The third-order valence-corrected chi connectivity index (χ3v) is 4.19. The predicted octanol–water partition coefficient (Wildman–Crippen LogP) is 1.26. The van der Waals surface area contributed by atoms with Gasteiger partial charge in [0.15, 0.2) is 0 Å². The van der Waals surface area contributed by atoms with E-state index in [0.29, 0.717) is 39.1 Å². The number of aryl methyl sites for hydroxylation is 1. The van der Waals surface area contributed by atoms with Crippen LogP contribution in [0.3, 0.4) is 0 Å². The topological polar surface area (TPSA) is 70.7 Å². The van der Waals surface area contributed by atoms with Crippen molar-refractivity contribution in [2.24, 2.45) is 0 Å². The highest BCUT2D eigenvalue weighted by molar-refractivity contribution is 5.90. The Morgan fingerprint density at radius 2 is 1.96 bits per heavy atom. The van der Waals surface area contributed by atoms with Crippen LogP contribution in [0.1, 0.15) is 24.0 Å². The molecule has 2 amide bonds. The van der Waals surface area contributed by atoms with Gasteiger partial charge in [0.1, 0.15) is 6.04 Å². The summed E-state index contributed by atoms with van der Waals surface area (Å²) in [5.41, 5.74) is 2.23. The zero-order valence-corrected chi connectivity index (χ0v) is 15.7. The minimum atomic E-state index is -0.363. The Hall–Kier alpha value is -1.63. The lowest BCUT2D eigenvalue weighted by Crippen LogP contribution is -2.46. The summed E-state index contributed by atoms with van der Waals surface area (Å²) < 4.78 is 4.95. The van der Waals surface area contributed by atoms with Gasteiger partial charge < -0.3 is 20.3 Å². The molecule has 1 heterocycles. The SMILES string of the molecule is COCCNCCNC(=O)C1CCC(=O)N1Cc1ccc(C)cc1.Cl. The molecule has 1 saturated heterocycles. The first-order chi connectivity index (χ1) is 11.6. The van der Waals surface area contributed by atoms with Gasteiger partial charge in [0.2, 0.25) is 11.8 Å². The van der Waals surface area contributed by atoms with Crippen molar-refractivity contribution < 1.29 is 14.3 Å². The van der Waals surface area contributed by atoms with Crippen molar-refractivity contribution in [3.05, 3.63) is 35.4 Å². The van der Waals surface area contributed by atoms with E-state index < -0.39 is 0 Å². The van der Waals surface area contributed by atoms with Crippen LogP contribution in [0.4, 0.5) is 0 Å². The Balaban J connectivity index is 0.00000312. The number of nitrogens with zero attached hydrogens (tertiary/aromatic N) is 1. The van der Waals surface area contributed by atoms with Gasteiger partial charge in [-0.05, 0) is 18.9 Å². The molecule has 1 aromatic carbocycles. The van der Waals surface area contributed by atoms with Crippen LogP contribution in [-0.4, -0.2) is 56.1 Å². The number of hydrogen-bond acceptors (Lipinski definition) is 4. The van der Waals surface area contributed by atoms with Crippen molar-refractivity contribution in [2.45, 2.75) is 32.4 Å². The van der Waals surface area contributed by atoms with Gasteiger partial charge in [-0.15, -0.1) is 12.4 Å². The van der Waals surface area contributed by atoms with Crippen molar-refractivity contribution in [2.75, 3.05) is 33.4 Å². The molecule has 25 heavy (non-hydrogen) atoms. The Morgan fingerprint density at radius 1 is 1.24 bits per heavy atom. The number of carbonyl (C=O) groups excluding carboxylic acids is 2. The first-order valence-corrected chi connectivity index (χ1v) is 8.44. The number of halogens is 1. The summed E-state index contributed by atoms with van der Waals surface area (Å²) in [5.74, 6) is -0.0181. The highest BCUT2D eigenvalue weighted by Crippen LogP contribution is 2.21. The van der Waals surface area contributed by atoms with Crippen molar-refractivity contribution in [1.82, 2.24) is 15.5 Å². The summed E-state index contributed by atoms with van der Waals surface area (Å²) >= 11 is 0. The van der Waals surface area contributed by atoms with Crippen LogP contribution in [0.15, 0.2) is 24.3 Å². The molecule has 1 fully saturated rings. The van der Waals surface area contributed by atoms with E-state index in [2.05, 4.69) is 10.6 Å². The van der Waals surface area contributed by atoms with Gasteiger partial charge in [-0.1, -0.05) is 29.8 Å². The van der Waals surface area contributed by atoms with Crippen LogP contribution >= 0.6 is 12.4 Å².